The fraction of sp³-hybridized carbons (Fsp3) is 0.0714. The second kappa shape index (κ2) is 4.80. The van der Waals surface area contributed by atoms with E-state index in [9.17, 15) is 8.78 Å². The van der Waals surface area contributed by atoms with E-state index in [1.54, 1.807) is 54.6 Å². The average Bonchev–Trinajstić information content (AvgIpc) is 2.91. The van der Waals surface area contributed by atoms with Crippen LogP contribution in [-0.2, 0) is 6.05 Å². The average molecular weight is 273 g/mol. The van der Waals surface area contributed by atoms with E-state index in [1.807, 2.05) is 0 Å². The molecule has 0 N–H and O–H groups in total. The van der Waals surface area contributed by atoms with E-state index < -0.39 is 11.9 Å². The number of azo groups is 1. The number of halogens is 2. The molecule has 0 fully saturated rings. The van der Waals surface area contributed by atoms with Gasteiger partial charge in [-0.1, -0.05) is 30.3 Å². The number of nitrogens with zero attached hydrogens (tertiary/aromatic N) is 3. The molecule has 20 heavy (non-hydrogen) atoms. The molecule has 0 aliphatic rings. The van der Waals surface area contributed by atoms with Gasteiger partial charge in [-0.15, -0.1) is 10.2 Å². The minimum Gasteiger partial charge on any atom is -0.433 e. The van der Waals surface area contributed by atoms with Crippen LogP contribution in [0.25, 0.3) is 11.1 Å². The number of hydrogen-bond donors (Lipinski definition) is 0. The van der Waals surface area contributed by atoms with Crippen molar-refractivity contribution in [3.8, 4) is 0 Å². The number of alkyl halides is 2. The van der Waals surface area contributed by atoms with Gasteiger partial charge in [-0.3, -0.25) is 0 Å². The molecule has 0 radical (unpaired) electrons. The summed E-state index contributed by atoms with van der Waals surface area (Å²) in [5, 5.41) is 6.53. The van der Waals surface area contributed by atoms with Crippen LogP contribution in [-0.4, -0.2) is 4.98 Å². The Balaban J connectivity index is 1.93. The maximum atomic E-state index is 13.9. The highest BCUT2D eigenvalue weighted by Crippen LogP contribution is 2.32. The summed E-state index contributed by atoms with van der Waals surface area (Å²) in [7, 11) is 0. The largest absolute Gasteiger partial charge is 0.436 e. The predicted molar refractivity (Wildman–Crippen MR) is 68.9 cm³/mol. The van der Waals surface area contributed by atoms with Gasteiger partial charge in [-0.05, 0) is 24.3 Å². The maximum Gasteiger partial charge on any atom is 0.436 e. The first-order valence-electron chi connectivity index (χ1n) is 5.87. The quantitative estimate of drug-likeness (QED) is 0.514. The first-order chi connectivity index (χ1) is 9.65. The van der Waals surface area contributed by atoms with E-state index in [2.05, 4.69) is 15.2 Å². The summed E-state index contributed by atoms with van der Waals surface area (Å²) in [5.41, 5.74) is 0.984. The highest BCUT2D eigenvalue weighted by atomic mass is 19.3. The maximum absolute atomic E-state index is 13.9. The zero-order chi connectivity index (χ0) is 14.0. The summed E-state index contributed by atoms with van der Waals surface area (Å²) in [6.45, 7) is 0. The van der Waals surface area contributed by atoms with Crippen LogP contribution in [0.3, 0.4) is 0 Å². The first-order valence-corrected chi connectivity index (χ1v) is 5.87. The van der Waals surface area contributed by atoms with Crippen LogP contribution < -0.4 is 0 Å². The predicted octanol–water partition coefficient (Wildman–Crippen LogP) is 4.66. The lowest BCUT2D eigenvalue weighted by molar-refractivity contribution is -0.0271. The van der Waals surface area contributed by atoms with Gasteiger partial charge in [0.1, 0.15) is 5.52 Å². The lowest BCUT2D eigenvalue weighted by Gasteiger charge is -2.03. The van der Waals surface area contributed by atoms with Crippen molar-refractivity contribution in [2.45, 2.75) is 6.05 Å². The summed E-state index contributed by atoms with van der Waals surface area (Å²) in [5.74, 6) is -0.765. The van der Waals surface area contributed by atoms with Crippen molar-refractivity contribution < 1.29 is 13.2 Å². The van der Waals surface area contributed by atoms with Crippen LogP contribution in [0.1, 0.15) is 5.89 Å². The van der Waals surface area contributed by atoms with Crippen LogP contribution in [0.5, 0.6) is 0 Å². The molecule has 0 atom stereocenters. The molecule has 100 valence electrons. The third-order valence-corrected chi connectivity index (χ3v) is 2.60. The van der Waals surface area contributed by atoms with Crippen LogP contribution in [0.4, 0.5) is 14.5 Å². The third kappa shape index (κ3) is 2.40. The standard InChI is InChI=1S/C14H9F2N3O/c15-14(16,19-18-10-6-2-1-3-7-10)13-17-11-8-4-5-9-12(11)20-13/h1-9H. The Kier molecular flexibility index (Phi) is 2.98. The molecule has 3 rings (SSSR count). The molecule has 0 saturated carbocycles. The molecule has 2 aromatic carbocycles. The van der Waals surface area contributed by atoms with Crippen LogP contribution in [0.15, 0.2) is 69.2 Å². The fourth-order valence-electron chi connectivity index (χ4n) is 1.66. The molecule has 4 nitrogen and oxygen atoms in total. The second-order valence-corrected chi connectivity index (χ2v) is 4.06. The van der Waals surface area contributed by atoms with Crippen molar-refractivity contribution in [2.24, 2.45) is 10.2 Å². The Morgan fingerprint density at radius 2 is 1.65 bits per heavy atom. The zero-order valence-electron chi connectivity index (χ0n) is 10.2. The Morgan fingerprint density at radius 1 is 0.950 bits per heavy atom. The van der Waals surface area contributed by atoms with Crippen molar-refractivity contribution >= 4 is 16.8 Å². The molecule has 0 aliphatic carbocycles. The van der Waals surface area contributed by atoms with E-state index in [1.165, 1.54) is 0 Å². The highest BCUT2D eigenvalue weighted by molar-refractivity contribution is 5.72. The summed E-state index contributed by atoms with van der Waals surface area (Å²) in [4.78, 5) is 3.73. The van der Waals surface area contributed by atoms with Gasteiger partial charge >= 0.3 is 6.05 Å². The van der Waals surface area contributed by atoms with Gasteiger partial charge in [0.2, 0.25) is 0 Å². The van der Waals surface area contributed by atoms with Gasteiger partial charge in [0, 0.05) is 0 Å². The van der Waals surface area contributed by atoms with E-state index >= 15 is 0 Å². The molecule has 3 aromatic rings. The molecule has 0 spiro atoms. The van der Waals surface area contributed by atoms with Crippen molar-refractivity contribution in [1.29, 1.82) is 0 Å². The zero-order valence-corrected chi connectivity index (χ0v) is 10.2. The molecule has 1 heterocycles. The van der Waals surface area contributed by atoms with Gasteiger partial charge in [-0.2, -0.15) is 8.78 Å². The van der Waals surface area contributed by atoms with E-state index in [0.29, 0.717) is 11.2 Å². The smallest absolute Gasteiger partial charge is 0.433 e. The molecular formula is C14H9F2N3O. The molecule has 1 aromatic heterocycles. The van der Waals surface area contributed by atoms with Crippen LogP contribution in [0, 0.1) is 0 Å². The normalized spacial score (nSPS) is 12.3. The highest BCUT2D eigenvalue weighted by Gasteiger charge is 2.38. The summed E-state index contributed by atoms with van der Waals surface area (Å²) < 4.78 is 32.7. The topological polar surface area (TPSA) is 50.8 Å². The van der Waals surface area contributed by atoms with Gasteiger partial charge in [0.15, 0.2) is 5.58 Å². The summed E-state index contributed by atoms with van der Waals surface area (Å²) >= 11 is 0. The summed E-state index contributed by atoms with van der Waals surface area (Å²) in [6, 6.07) is 11.2. The lowest BCUT2D eigenvalue weighted by atomic mass is 10.3. The second-order valence-electron chi connectivity index (χ2n) is 4.06. The van der Waals surface area contributed by atoms with Gasteiger partial charge in [0.05, 0.1) is 5.69 Å². The summed E-state index contributed by atoms with van der Waals surface area (Å²) in [6.07, 6.45) is 0. The number of aromatic nitrogens is 1. The number of hydrogen-bond acceptors (Lipinski definition) is 4. The minimum absolute atomic E-state index is 0.289. The molecule has 0 unspecified atom stereocenters. The minimum atomic E-state index is -3.60. The fourth-order valence-corrected chi connectivity index (χ4v) is 1.66. The van der Waals surface area contributed by atoms with E-state index in [4.69, 9.17) is 4.42 Å². The number of rotatable bonds is 3. The van der Waals surface area contributed by atoms with E-state index in [0.717, 1.165) is 0 Å². The van der Waals surface area contributed by atoms with Crippen molar-refractivity contribution in [3.05, 3.63) is 60.5 Å². The monoisotopic (exact) mass is 273 g/mol. The van der Waals surface area contributed by atoms with Crippen molar-refractivity contribution in [3.63, 3.8) is 0 Å². The molecule has 0 aliphatic heterocycles. The first kappa shape index (κ1) is 12.4. The van der Waals surface area contributed by atoms with Crippen LogP contribution >= 0.6 is 0 Å². The Bertz CT molecular complexity index is 720. The Morgan fingerprint density at radius 3 is 2.40 bits per heavy atom. The molecule has 6 heteroatoms. The molecular weight excluding hydrogens is 264 g/mol. The molecule has 0 amide bonds. The Labute approximate surface area is 112 Å². The number of para-hydroxylation sites is 2. The van der Waals surface area contributed by atoms with Crippen LogP contribution in [0.2, 0.25) is 0 Å². The third-order valence-electron chi connectivity index (χ3n) is 2.60. The number of oxazole rings is 1. The Hall–Kier alpha value is -2.63. The van der Waals surface area contributed by atoms with Gasteiger partial charge < -0.3 is 4.42 Å². The van der Waals surface area contributed by atoms with Crippen molar-refractivity contribution in [1.82, 2.24) is 4.98 Å². The lowest BCUT2D eigenvalue weighted by Crippen LogP contribution is -2.09. The van der Waals surface area contributed by atoms with Gasteiger partial charge in [-0.25, -0.2) is 4.98 Å². The van der Waals surface area contributed by atoms with E-state index in [-0.39, 0.29) is 5.58 Å². The molecule has 0 bridgehead atoms. The SMILES string of the molecule is FC(F)(N=Nc1ccccc1)c1nc2ccccc2o1. The number of fused-ring (bicyclic) bond motifs is 1. The molecule has 0 saturated heterocycles. The number of benzene rings is 2. The van der Waals surface area contributed by atoms with Crippen molar-refractivity contribution in [2.75, 3.05) is 0 Å². The van der Waals surface area contributed by atoms with Gasteiger partial charge in [0.25, 0.3) is 5.89 Å².